The van der Waals surface area contributed by atoms with Gasteiger partial charge in [-0.25, -0.2) is 9.59 Å². The molecule has 0 bridgehead atoms. The summed E-state index contributed by atoms with van der Waals surface area (Å²) in [5.74, 6) is -1.19. The van der Waals surface area contributed by atoms with E-state index in [9.17, 15) is 19.2 Å². The van der Waals surface area contributed by atoms with Crippen LogP contribution in [0.15, 0.2) is 36.4 Å². The van der Waals surface area contributed by atoms with Crippen molar-refractivity contribution in [3.63, 3.8) is 0 Å². The summed E-state index contributed by atoms with van der Waals surface area (Å²) in [5, 5.41) is 13.9. The van der Waals surface area contributed by atoms with Crippen molar-refractivity contribution in [1.29, 1.82) is 0 Å². The van der Waals surface area contributed by atoms with Crippen molar-refractivity contribution in [3.05, 3.63) is 42.0 Å². The van der Waals surface area contributed by atoms with E-state index in [4.69, 9.17) is 9.84 Å². The van der Waals surface area contributed by atoms with Gasteiger partial charge in [0.2, 0.25) is 5.91 Å². The summed E-state index contributed by atoms with van der Waals surface area (Å²) < 4.78 is 5.58. The Morgan fingerprint density at radius 3 is 2.66 bits per heavy atom. The highest BCUT2D eigenvalue weighted by Gasteiger charge is 2.45. The van der Waals surface area contributed by atoms with Crippen LogP contribution in [0.2, 0.25) is 0 Å². The SMILES string of the molecule is CC(C)(C)OC(=O)[C@@H]1CS[C@H]([C@H]2C=CCCC2)N1C(=O)CNC(=O)Nc1cccc(CC(=O)O)c1. The number of anilines is 1. The largest absolute Gasteiger partial charge is 0.481 e. The second kappa shape index (κ2) is 11.6. The zero-order valence-corrected chi connectivity index (χ0v) is 21.1. The summed E-state index contributed by atoms with van der Waals surface area (Å²) in [6.07, 6.45) is 7.03. The standard InChI is InChI=1S/C25H33N3O6S/c1-25(2,3)34-23(32)19-15-35-22(17-9-5-4-6-10-17)28(19)20(29)14-26-24(33)27-18-11-7-8-16(12-18)13-21(30)31/h5,7-9,11-12,17,19,22H,4,6,10,13-15H2,1-3H3,(H,30,31)(H2,26,27,33)/t17-,19-,22+/m0/s1. The summed E-state index contributed by atoms with van der Waals surface area (Å²) >= 11 is 1.57. The number of nitrogens with zero attached hydrogens (tertiary/aromatic N) is 1. The number of urea groups is 1. The van der Waals surface area contributed by atoms with Crippen LogP contribution in [-0.4, -0.2) is 63.2 Å². The number of esters is 1. The van der Waals surface area contributed by atoms with Crippen LogP contribution in [0.3, 0.4) is 0 Å². The number of hydrogen-bond acceptors (Lipinski definition) is 6. The van der Waals surface area contributed by atoms with Crippen molar-refractivity contribution in [1.82, 2.24) is 10.2 Å². The number of nitrogens with one attached hydrogen (secondary N) is 2. The predicted octanol–water partition coefficient (Wildman–Crippen LogP) is 3.40. The third-order valence-electron chi connectivity index (χ3n) is 5.60. The van der Waals surface area contributed by atoms with Crippen molar-refractivity contribution >= 4 is 41.3 Å². The molecule has 9 nitrogen and oxygen atoms in total. The topological polar surface area (TPSA) is 125 Å². The molecule has 1 fully saturated rings. The minimum absolute atomic E-state index is 0.135. The maximum atomic E-state index is 13.3. The van der Waals surface area contributed by atoms with Gasteiger partial charge in [0.25, 0.3) is 0 Å². The highest BCUT2D eigenvalue weighted by molar-refractivity contribution is 8.00. The first-order valence-electron chi connectivity index (χ1n) is 11.7. The summed E-state index contributed by atoms with van der Waals surface area (Å²) in [4.78, 5) is 51.1. The molecule has 0 spiro atoms. The van der Waals surface area contributed by atoms with Gasteiger partial charge >= 0.3 is 18.0 Å². The number of carbonyl (C=O) groups is 4. The van der Waals surface area contributed by atoms with Gasteiger partial charge in [0.05, 0.1) is 18.3 Å². The molecule has 1 aromatic carbocycles. The molecule has 3 atom stereocenters. The van der Waals surface area contributed by atoms with E-state index in [1.165, 1.54) is 0 Å². The first-order valence-corrected chi connectivity index (χ1v) is 12.8. The summed E-state index contributed by atoms with van der Waals surface area (Å²) in [5.41, 5.74) is 0.290. The lowest BCUT2D eigenvalue weighted by Gasteiger charge is -2.34. The molecule has 1 heterocycles. The molecular weight excluding hydrogens is 470 g/mol. The number of benzene rings is 1. The van der Waals surface area contributed by atoms with Gasteiger partial charge in [-0.15, -0.1) is 11.8 Å². The number of hydrogen-bond donors (Lipinski definition) is 3. The lowest BCUT2D eigenvalue weighted by atomic mass is 9.94. The highest BCUT2D eigenvalue weighted by Crippen LogP contribution is 2.39. The molecule has 2 aliphatic rings. The zero-order valence-electron chi connectivity index (χ0n) is 20.3. The number of aliphatic carboxylic acids is 1. The average molecular weight is 504 g/mol. The lowest BCUT2D eigenvalue weighted by molar-refractivity contribution is -0.163. The summed E-state index contributed by atoms with van der Waals surface area (Å²) in [7, 11) is 0. The second-order valence-electron chi connectivity index (χ2n) is 9.68. The summed E-state index contributed by atoms with van der Waals surface area (Å²) in [6, 6.07) is 5.19. The molecule has 3 N–H and O–H groups in total. The minimum atomic E-state index is -0.970. The van der Waals surface area contributed by atoms with Crippen LogP contribution in [0, 0.1) is 5.92 Å². The third-order valence-corrected chi connectivity index (χ3v) is 7.03. The fourth-order valence-corrected chi connectivity index (χ4v) is 5.73. The minimum Gasteiger partial charge on any atom is -0.481 e. The van der Waals surface area contributed by atoms with E-state index in [0.29, 0.717) is 17.0 Å². The van der Waals surface area contributed by atoms with Crippen LogP contribution in [0.25, 0.3) is 0 Å². The predicted molar refractivity (Wildman–Crippen MR) is 134 cm³/mol. The normalized spacial score (nSPS) is 21.9. The molecule has 190 valence electrons. The van der Waals surface area contributed by atoms with Gasteiger partial charge in [-0.1, -0.05) is 24.3 Å². The molecule has 0 aromatic heterocycles. The quantitative estimate of drug-likeness (QED) is 0.385. The van der Waals surface area contributed by atoms with Crippen molar-refractivity contribution in [3.8, 4) is 0 Å². The number of rotatable bonds is 7. The monoisotopic (exact) mass is 503 g/mol. The Labute approximate surface area is 209 Å². The molecular formula is C25H33N3O6S. The van der Waals surface area contributed by atoms with Gasteiger partial charge in [-0.2, -0.15) is 0 Å². The van der Waals surface area contributed by atoms with E-state index in [0.717, 1.165) is 19.3 Å². The molecule has 0 saturated carbocycles. The van der Waals surface area contributed by atoms with E-state index in [-0.39, 0.29) is 30.2 Å². The first kappa shape index (κ1) is 26.6. The smallest absolute Gasteiger partial charge is 0.330 e. The number of carboxylic acid groups (broad SMARTS) is 1. The number of carbonyl (C=O) groups excluding carboxylic acids is 3. The fraction of sp³-hybridized carbons (Fsp3) is 0.520. The summed E-state index contributed by atoms with van der Waals surface area (Å²) in [6.45, 7) is 5.08. The van der Waals surface area contributed by atoms with Crippen LogP contribution in [-0.2, 0) is 25.5 Å². The number of thioether (sulfide) groups is 1. The van der Waals surface area contributed by atoms with Crippen molar-refractivity contribution in [2.75, 3.05) is 17.6 Å². The number of ether oxygens (including phenoxy) is 1. The first-order chi connectivity index (χ1) is 16.5. The van der Waals surface area contributed by atoms with Crippen LogP contribution >= 0.6 is 11.8 Å². The molecule has 0 unspecified atom stereocenters. The lowest BCUT2D eigenvalue weighted by Crippen LogP contribution is -2.52. The molecule has 0 radical (unpaired) electrons. The van der Waals surface area contributed by atoms with Crippen LogP contribution in [0.1, 0.15) is 45.6 Å². The maximum absolute atomic E-state index is 13.3. The Balaban J connectivity index is 1.66. The van der Waals surface area contributed by atoms with Gasteiger partial charge in [0.15, 0.2) is 0 Å². The third kappa shape index (κ3) is 7.74. The van der Waals surface area contributed by atoms with E-state index >= 15 is 0 Å². The van der Waals surface area contributed by atoms with Gasteiger partial charge in [0.1, 0.15) is 11.6 Å². The second-order valence-corrected chi connectivity index (χ2v) is 10.8. The molecule has 3 amide bonds. The average Bonchev–Trinajstić information content (AvgIpc) is 3.22. The van der Waals surface area contributed by atoms with Gasteiger partial charge in [0, 0.05) is 17.4 Å². The number of allylic oxidation sites excluding steroid dienone is 1. The molecule has 35 heavy (non-hydrogen) atoms. The van der Waals surface area contributed by atoms with E-state index in [1.807, 2.05) is 0 Å². The van der Waals surface area contributed by atoms with Crippen LogP contribution in [0.4, 0.5) is 10.5 Å². The van der Waals surface area contributed by atoms with E-state index < -0.39 is 29.6 Å². The van der Waals surface area contributed by atoms with Crippen molar-refractivity contribution < 1.29 is 29.0 Å². The van der Waals surface area contributed by atoms with Crippen LogP contribution < -0.4 is 10.6 Å². The van der Waals surface area contributed by atoms with Crippen molar-refractivity contribution in [2.24, 2.45) is 5.92 Å². The molecule has 1 aliphatic heterocycles. The van der Waals surface area contributed by atoms with Crippen LogP contribution in [0.5, 0.6) is 0 Å². The van der Waals surface area contributed by atoms with Gasteiger partial charge < -0.3 is 25.4 Å². The molecule has 3 rings (SSSR count). The maximum Gasteiger partial charge on any atom is 0.330 e. The molecule has 1 aliphatic carbocycles. The number of amides is 3. The molecule has 1 aromatic rings. The Bertz CT molecular complexity index is 990. The van der Waals surface area contributed by atoms with Gasteiger partial charge in [-0.3, -0.25) is 9.59 Å². The molecule has 1 saturated heterocycles. The van der Waals surface area contributed by atoms with Gasteiger partial charge in [-0.05, 0) is 57.7 Å². The van der Waals surface area contributed by atoms with E-state index in [2.05, 4.69) is 22.8 Å². The zero-order chi connectivity index (χ0) is 25.6. The van der Waals surface area contributed by atoms with E-state index in [1.54, 1.807) is 61.7 Å². The Hall–Kier alpha value is -3.01. The fourth-order valence-electron chi connectivity index (χ4n) is 4.16. The van der Waals surface area contributed by atoms with Crippen molar-refractivity contribution in [2.45, 2.75) is 63.5 Å². The Morgan fingerprint density at radius 1 is 1.23 bits per heavy atom. The number of carboxylic acids is 1. The Morgan fingerprint density at radius 2 is 2.00 bits per heavy atom. The Kier molecular flexibility index (Phi) is 8.82. The molecule has 10 heteroatoms. The highest BCUT2D eigenvalue weighted by atomic mass is 32.2.